The first-order valence-corrected chi connectivity index (χ1v) is 8.32. The summed E-state index contributed by atoms with van der Waals surface area (Å²) in [5.41, 5.74) is 0.631. The zero-order chi connectivity index (χ0) is 15.4. The van der Waals surface area contributed by atoms with E-state index in [4.69, 9.17) is 9.47 Å². The molecule has 1 saturated heterocycles. The number of benzene rings is 1. The maximum Gasteiger partial charge on any atom is 0.310 e. The van der Waals surface area contributed by atoms with Crippen LogP contribution in [0.15, 0.2) is 24.3 Å². The fourth-order valence-corrected chi connectivity index (χ4v) is 5.34. The second-order valence-electron chi connectivity index (χ2n) is 6.15. The number of methoxy groups -OCH3 is 1. The second kappa shape index (κ2) is 4.98. The molecule has 0 aromatic heterocycles. The SMILES string of the molecule is COc1ccccc1NC(=O)[C@@H]1[C@H]2C[C@H]3[C@H](OC(=O)[C@@H]31)[C@@H]2Br. The quantitative estimate of drug-likeness (QED) is 0.658. The van der Waals surface area contributed by atoms with Crippen molar-refractivity contribution in [2.75, 3.05) is 12.4 Å². The minimum absolute atomic E-state index is 0.0576. The molecule has 3 aliphatic rings. The Morgan fingerprint density at radius 2 is 2.14 bits per heavy atom. The van der Waals surface area contributed by atoms with Gasteiger partial charge in [0.05, 0.1) is 29.5 Å². The van der Waals surface area contributed by atoms with Gasteiger partial charge in [-0.2, -0.15) is 0 Å². The van der Waals surface area contributed by atoms with E-state index in [0.29, 0.717) is 11.4 Å². The number of hydrogen-bond acceptors (Lipinski definition) is 4. The zero-order valence-electron chi connectivity index (χ0n) is 12.0. The molecule has 6 atom stereocenters. The van der Waals surface area contributed by atoms with Crippen molar-refractivity contribution < 1.29 is 19.1 Å². The number of esters is 1. The van der Waals surface area contributed by atoms with Crippen LogP contribution in [0, 0.1) is 23.7 Å². The number of hydrogen-bond donors (Lipinski definition) is 1. The number of rotatable bonds is 3. The van der Waals surface area contributed by atoms with Gasteiger partial charge in [-0.05, 0) is 24.5 Å². The van der Waals surface area contributed by atoms with Gasteiger partial charge in [-0.1, -0.05) is 28.1 Å². The van der Waals surface area contributed by atoms with Crippen LogP contribution in [0.2, 0.25) is 0 Å². The highest BCUT2D eigenvalue weighted by molar-refractivity contribution is 9.09. The number of amides is 1. The Kier molecular flexibility index (Phi) is 3.18. The normalized spacial score (nSPS) is 38.0. The number of halogens is 1. The Morgan fingerprint density at radius 1 is 1.36 bits per heavy atom. The first kappa shape index (κ1) is 14.1. The van der Waals surface area contributed by atoms with Crippen LogP contribution in [0.4, 0.5) is 5.69 Å². The topological polar surface area (TPSA) is 64.6 Å². The molecule has 1 N–H and O–H groups in total. The molecule has 5 nitrogen and oxygen atoms in total. The van der Waals surface area contributed by atoms with Crippen molar-refractivity contribution >= 4 is 33.5 Å². The number of carbonyl (C=O) groups is 2. The Labute approximate surface area is 136 Å². The summed E-state index contributed by atoms with van der Waals surface area (Å²) in [7, 11) is 1.57. The minimum Gasteiger partial charge on any atom is -0.495 e. The molecule has 6 heteroatoms. The lowest BCUT2D eigenvalue weighted by molar-refractivity contribution is -0.145. The standard InChI is InChI=1S/C16H16BrNO4/c1-21-10-5-3-2-4-9(10)18-15(19)11-7-6-8-12(11)16(20)22-14(8)13(7)17/h2-5,7-8,11-14H,6H2,1H3,(H,18,19)/t7-,8-,11-,12+,13-,14+/m1/s1. The van der Waals surface area contributed by atoms with E-state index in [2.05, 4.69) is 21.2 Å². The van der Waals surface area contributed by atoms with E-state index in [0.717, 1.165) is 6.42 Å². The highest BCUT2D eigenvalue weighted by Gasteiger charge is 2.67. The van der Waals surface area contributed by atoms with Crippen molar-refractivity contribution in [1.29, 1.82) is 0 Å². The average Bonchev–Trinajstić information content (AvgIpc) is 3.12. The van der Waals surface area contributed by atoms with Crippen LogP contribution < -0.4 is 10.1 Å². The third-order valence-corrected chi connectivity index (χ3v) is 6.39. The number of alkyl halides is 1. The molecule has 0 spiro atoms. The Morgan fingerprint density at radius 3 is 2.91 bits per heavy atom. The molecule has 2 bridgehead atoms. The lowest BCUT2D eigenvalue weighted by atomic mass is 9.79. The molecular weight excluding hydrogens is 350 g/mol. The Bertz CT molecular complexity index is 649. The van der Waals surface area contributed by atoms with Crippen LogP contribution in [0.5, 0.6) is 5.75 Å². The molecular formula is C16H16BrNO4. The van der Waals surface area contributed by atoms with Gasteiger partial charge < -0.3 is 14.8 Å². The van der Waals surface area contributed by atoms with Crippen molar-refractivity contribution in [2.24, 2.45) is 23.7 Å². The van der Waals surface area contributed by atoms with E-state index in [1.165, 1.54) is 0 Å². The summed E-state index contributed by atoms with van der Waals surface area (Å²) >= 11 is 3.62. The van der Waals surface area contributed by atoms with Crippen LogP contribution in [0.25, 0.3) is 0 Å². The van der Waals surface area contributed by atoms with Crippen LogP contribution in [0.1, 0.15) is 6.42 Å². The molecule has 2 aliphatic carbocycles. The fraction of sp³-hybridized carbons (Fsp3) is 0.500. The van der Waals surface area contributed by atoms with Gasteiger partial charge in [0, 0.05) is 5.92 Å². The van der Waals surface area contributed by atoms with Crippen LogP contribution >= 0.6 is 15.9 Å². The number of fused-ring (bicyclic) bond motifs is 1. The summed E-state index contributed by atoms with van der Waals surface area (Å²) in [4.78, 5) is 24.9. The highest BCUT2D eigenvalue weighted by atomic mass is 79.9. The molecule has 1 heterocycles. The molecule has 1 aliphatic heterocycles. The monoisotopic (exact) mass is 365 g/mol. The largest absolute Gasteiger partial charge is 0.495 e. The van der Waals surface area contributed by atoms with Crippen molar-refractivity contribution in [2.45, 2.75) is 17.4 Å². The Balaban J connectivity index is 1.60. The maximum atomic E-state index is 12.8. The van der Waals surface area contributed by atoms with Gasteiger partial charge >= 0.3 is 5.97 Å². The molecule has 1 amide bonds. The molecule has 0 radical (unpaired) electrons. The second-order valence-corrected chi connectivity index (χ2v) is 7.21. The molecule has 0 unspecified atom stereocenters. The van der Waals surface area contributed by atoms with Gasteiger partial charge in [-0.3, -0.25) is 9.59 Å². The van der Waals surface area contributed by atoms with Gasteiger partial charge in [0.1, 0.15) is 11.9 Å². The summed E-state index contributed by atoms with van der Waals surface area (Å²) in [6.07, 6.45) is 0.818. The first-order chi connectivity index (χ1) is 10.6. The number of ether oxygens (including phenoxy) is 2. The van der Waals surface area contributed by atoms with Gasteiger partial charge in [0.15, 0.2) is 0 Å². The van der Waals surface area contributed by atoms with Crippen LogP contribution in [0.3, 0.4) is 0 Å². The minimum atomic E-state index is -0.328. The van der Waals surface area contributed by atoms with Crippen molar-refractivity contribution in [1.82, 2.24) is 0 Å². The average molecular weight is 366 g/mol. The van der Waals surface area contributed by atoms with Gasteiger partial charge in [-0.15, -0.1) is 0 Å². The van der Waals surface area contributed by atoms with Gasteiger partial charge in [0.2, 0.25) is 5.91 Å². The van der Waals surface area contributed by atoms with Crippen molar-refractivity contribution in [3.8, 4) is 5.75 Å². The number of anilines is 1. The molecule has 116 valence electrons. The smallest absolute Gasteiger partial charge is 0.310 e. The number of nitrogens with one attached hydrogen (secondary N) is 1. The molecule has 22 heavy (non-hydrogen) atoms. The highest BCUT2D eigenvalue weighted by Crippen LogP contribution is 2.60. The van der Waals surface area contributed by atoms with E-state index < -0.39 is 0 Å². The molecule has 2 saturated carbocycles. The van der Waals surface area contributed by atoms with Crippen LogP contribution in [-0.2, 0) is 14.3 Å². The van der Waals surface area contributed by atoms with E-state index in [-0.39, 0.29) is 46.5 Å². The Hall–Kier alpha value is -1.56. The number of carbonyl (C=O) groups excluding carboxylic acids is 2. The predicted molar refractivity (Wildman–Crippen MR) is 82.8 cm³/mol. The molecule has 3 fully saturated rings. The molecule has 1 aromatic rings. The first-order valence-electron chi connectivity index (χ1n) is 7.40. The number of para-hydroxylation sites is 2. The zero-order valence-corrected chi connectivity index (χ0v) is 13.6. The van der Waals surface area contributed by atoms with E-state index in [9.17, 15) is 9.59 Å². The van der Waals surface area contributed by atoms with Crippen LogP contribution in [-0.4, -0.2) is 29.9 Å². The fourth-order valence-electron chi connectivity index (χ4n) is 4.29. The molecule has 1 aromatic carbocycles. The summed E-state index contributed by atoms with van der Waals surface area (Å²) in [5, 5.41) is 2.92. The van der Waals surface area contributed by atoms with E-state index >= 15 is 0 Å². The van der Waals surface area contributed by atoms with Gasteiger partial charge in [0.25, 0.3) is 0 Å². The third-order valence-electron chi connectivity index (χ3n) is 5.19. The van der Waals surface area contributed by atoms with Gasteiger partial charge in [-0.25, -0.2) is 0 Å². The van der Waals surface area contributed by atoms with E-state index in [1.807, 2.05) is 12.1 Å². The predicted octanol–water partition coefficient (Wildman–Crippen LogP) is 2.20. The summed E-state index contributed by atoms with van der Waals surface area (Å²) in [5.74, 6) is -0.0230. The third kappa shape index (κ3) is 1.82. The van der Waals surface area contributed by atoms with Crippen molar-refractivity contribution in [3.05, 3.63) is 24.3 Å². The summed E-state index contributed by atoms with van der Waals surface area (Å²) in [6.45, 7) is 0. The maximum absolute atomic E-state index is 12.8. The lowest BCUT2D eigenvalue weighted by Crippen LogP contribution is -2.40. The molecule has 4 rings (SSSR count). The van der Waals surface area contributed by atoms with E-state index in [1.54, 1.807) is 19.2 Å². The lowest BCUT2D eigenvalue weighted by Gasteiger charge is -2.27. The summed E-state index contributed by atoms with van der Waals surface area (Å²) < 4.78 is 10.7. The van der Waals surface area contributed by atoms with Crippen molar-refractivity contribution in [3.63, 3.8) is 0 Å². The summed E-state index contributed by atoms with van der Waals surface area (Å²) in [6, 6.07) is 7.28.